The van der Waals surface area contributed by atoms with Gasteiger partial charge in [0.05, 0.1) is 9.47 Å². The molecule has 0 aliphatic carbocycles. The number of rotatable bonds is 3. The van der Waals surface area contributed by atoms with Crippen molar-refractivity contribution in [3.8, 4) is 0 Å². The van der Waals surface area contributed by atoms with E-state index in [0.717, 1.165) is 20.1 Å². The number of thiophene rings is 1. The lowest BCUT2D eigenvalue weighted by atomic mass is 10.1. The molecule has 3 aromatic rings. The molecule has 1 heterocycles. The van der Waals surface area contributed by atoms with Crippen LogP contribution in [0.2, 0.25) is 0 Å². The van der Waals surface area contributed by atoms with Gasteiger partial charge >= 0.3 is 0 Å². The molecule has 6 heteroatoms. The molecule has 1 N–H and O–H groups in total. The van der Waals surface area contributed by atoms with E-state index in [1.807, 2.05) is 43.3 Å². The number of fused-ring (bicyclic) bond motifs is 1. The van der Waals surface area contributed by atoms with Crippen molar-refractivity contribution in [3.63, 3.8) is 0 Å². The molecule has 0 saturated carbocycles. The number of benzene rings is 2. The van der Waals surface area contributed by atoms with Crippen molar-refractivity contribution >= 4 is 53.7 Å². The highest BCUT2D eigenvalue weighted by atomic mass is 79.9. The summed E-state index contributed by atoms with van der Waals surface area (Å²) in [6.45, 7) is 1.87. The van der Waals surface area contributed by atoms with Gasteiger partial charge in [-0.3, -0.25) is 4.72 Å². The Morgan fingerprint density at radius 1 is 1.10 bits per heavy atom. The molecule has 0 unspecified atom stereocenters. The van der Waals surface area contributed by atoms with Gasteiger partial charge in [0.25, 0.3) is 10.0 Å². The molecular formula is C15H12BrNO2S2. The Balaban J connectivity index is 2.05. The van der Waals surface area contributed by atoms with Gasteiger partial charge in [0.1, 0.15) is 4.21 Å². The molecule has 3 rings (SSSR count). The molecule has 0 spiro atoms. The first-order valence-electron chi connectivity index (χ1n) is 6.24. The molecule has 3 nitrogen and oxygen atoms in total. The summed E-state index contributed by atoms with van der Waals surface area (Å²) >= 11 is 4.57. The van der Waals surface area contributed by atoms with Crippen LogP contribution < -0.4 is 4.72 Å². The van der Waals surface area contributed by atoms with Gasteiger partial charge in [-0.1, -0.05) is 36.4 Å². The smallest absolute Gasteiger partial charge is 0.271 e. The third-order valence-electron chi connectivity index (χ3n) is 3.13. The summed E-state index contributed by atoms with van der Waals surface area (Å²) < 4.78 is 28.8. The Morgan fingerprint density at radius 3 is 2.52 bits per heavy atom. The third kappa shape index (κ3) is 2.84. The molecule has 0 fully saturated rings. The number of hydrogen-bond donors (Lipinski definition) is 1. The molecule has 0 amide bonds. The highest BCUT2D eigenvalue weighted by molar-refractivity contribution is 9.11. The highest BCUT2D eigenvalue weighted by Gasteiger charge is 2.19. The van der Waals surface area contributed by atoms with Crippen molar-refractivity contribution in [1.29, 1.82) is 0 Å². The van der Waals surface area contributed by atoms with Crippen molar-refractivity contribution in [2.45, 2.75) is 11.1 Å². The summed E-state index contributed by atoms with van der Waals surface area (Å²) in [5.41, 5.74) is 1.51. The van der Waals surface area contributed by atoms with E-state index < -0.39 is 10.0 Å². The molecule has 0 saturated heterocycles. The minimum Gasteiger partial charge on any atom is -0.278 e. The molecule has 0 bridgehead atoms. The molecule has 0 atom stereocenters. The molecule has 0 radical (unpaired) electrons. The average molecular weight is 382 g/mol. The Morgan fingerprint density at radius 2 is 1.81 bits per heavy atom. The molecular weight excluding hydrogens is 370 g/mol. The minimum absolute atomic E-state index is 0.305. The number of anilines is 1. The monoisotopic (exact) mass is 381 g/mol. The van der Waals surface area contributed by atoms with Crippen LogP contribution in [0, 0.1) is 6.92 Å². The molecule has 0 aliphatic rings. The van der Waals surface area contributed by atoms with Crippen molar-refractivity contribution in [1.82, 2.24) is 0 Å². The largest absolute Gasteiger partial charge is 0.278 e. The molecule has 2 aromatic carbocycles. The van der Waals surface area contributed by atoms with E-state index in [1.165, 1.54) is 11.3 Å². The van der Waals surface area contributed by atoms with Crippen molar-refractivity contribution in [2.24, 2.45) is 0 Å². The van der Waals surface area contributed by atoms with Crippen LogP contribution in [0.1, 0.15) is 5.56 Å². The Bertz CT molecular complexity index is 892. The van der Waals surface area contributed by atoms with Crippen molar-refractivity contribution in [2.75, 3.05) is 4.72 Å². The summed E-state index contributed by atoms with van der Waals surface area (Å²) in [4.78, 5) is 0. The van der Waals surface area contributed by atoms with Crippen LogP contribution in [0.4, 0.5) is 5.69 Å². The Labute approximate surface area is 135 Å². The van der Waals surface area contributed by atoms with Crippen LogP contribution >= 0.6 is 27.3 Å². The second-order valence-electron chi connectivity index (χ2n) is 4.65. The lowest BCUT2D eigenvalue weighted by Gasteiger charge is -2.09. The maximum Gasteiger partial charge on any atom is 0.271 e. The fraction of sp³-hybridized carbons (Fsp3) is 0.0667. The van der Waals surface area contributed by atoms with Gasteiger partial charge in [-0.25, -0.2) is 8.42 Å². The second-order valence-corrected chi connectivity index (χ2v) is 8.93. The normalized spacial score (nSPS) is 11.7. The number of halogens is 1. The number of hydrogen-bond acceptors (Lipinski definition) is 3. The summed E-state index contributed by atoms with van der Waals surface area (Å²) in [6.07, 6.45) is 0. The fourth-order valence-electron chi connectivity index (χ4n) is 2.07. The fourth-order valence-corrected chi connectivity index (χ4v) is 5.38. The van der Waals surface area contributed by atoms with Gasteiger partial charge in [0.2, 0.25) is 0 Å². The molecule has 21 heavy (non-hydrogen) atoms. The van der Waals surface area contributed by atoms with E-state index in [-0.39, 0.29) is 0 Å². The second kappa shape index (κ2) is 5.44. The van der Waals surface area contributed by atoms with Gasteiger partial charge in [0.15, 0.2) is 0 Å². The first kappa shape index (κ1) is 14.6. The van der Waals surface area contributed by atoms with Crippen LogP contribution in [0.25, 0.3) is 10.8 Å². The lowest BCUT2D eigenvalue weighted by Crippen LogP contribution is -2.11. The van der Waals surface area contributed by atoms with E-state index in [0.29, 0.717) is 9.90 Å². The summed E-state index contributed by atoms with van der Waals surface area (Å²) in [7, 11) is -3.57. The van der Waals surface area contributed by atoms with Gasteiger partial charge in [0, 0.05) is 5.39 Å². The predicted octanol–water partition coefficient (Wildman–Crippen LogP) is 4.77. The van der Waals surface area contributed by atoms with E-state index in [1.54, 1.807) is 12.1 Å². The average Bonchev–Trinajstić information content (AvgIpc) is 2.80. The Kier molecular flexibility index (Phi) is 3.77. The first-order chi connectivity index (χ1) is 9.97. The van der Waals surface area contributed by atoms with Crippen LogP contribution in [0.5, 0.6) is 0 Å². The van der Waals surface area contributed by atoms with Crippen LogP contribution in [0.3, 0.4) is 0 Å². The Hall–Kier alpha value is -1.37. The maximum atomic E-state index is 12.5. The van der Waals surface area contributed by atoms with Crippen LogP contribution in [-0.4, -0.2) is 8.42 Å². The highest BCUT2D eigenvalue weighted by Crippen LogP contribution is 2.32. The zero-order chi connectivity index (χ0) is 15.0. The van der Waals surface area contributed by atoms with Crippen molar-refractivity contribution in [3.05, 3.63) is 57.9 Å². The van der Waals surface area contributed by atoms with Crippen molar-refractivity contribution < 1.29 is 8.42 Å². The van der Waals surface area contributed by atoms with Crippen LogP contribution in [-0.2, 0) is 10.0 Å². The van der Waals surface area contributed by atoms with Gasteiger partial charge in [-0.2, -0.15) is 0 Å². The van der Waals surface area contributed by atoms with Gasteiger partial charge < -0.3 is 0 Å². The minimum atomic E-state index is -3.57. The summed E-state index contributed by atoms with van der Waals surface area (Å²) in [5.74, 6) is 0. The lowest BCUT2D eigenvalue weighted by molar-refractivity contribution is 0.603. The zero-order valence-electron chi connectivity index (χ0n) is 11.1. The maximum absolute atomic E-state index is 12.5. The van der Waals surface area contributed by atoms with E-state index in [4.69, 9.17) is 0 Å². The first-order valence-corrected chi connectivity index (χ1v) is 9.33. The van der Waals surface area contributed by atoms with E-state index in [9.17, 15) is 8.42 Å². The third-order valence-corrected chi connectivity index (χ3v) is 7.11. The quantitative estimate of drug-likeness (QED) is 0.709. The van der Waals surface area contributed by atoms with E-state index in [2.05, 4.69) is 20.7 Å². The predicted molar refractivity (Wildman–Crippen MR) is 91.5 cm³/mol. The topological polar surface area (TPSA) is 46.2 Å². The SMILES string of the molecule is Cc1cc(S(=O)(=O)Nc2cccc3ccccc23)sc1Br. The summed E-state index contributed by atoms with van der Waals surface area (Å²) in [5, 5.41) is 1.89. The number of nitrogens with one attached hydrogen (secondary N) is 1. The summed E-state index contributed by atoms with van der Waals surface area (Å²) in [6, 6.07) is 14.9. The van der Waals surface area contributed by atoms with Gasteiger partial charge in [-0.15, -0.1) is 11.3 Å². The standard InChI is InChI=1S/C15H12BrNO2S2/c1-10-9-14(20-15(10)16)21(18,19)17-13-8-4-6-11-5-2-3-7-12(11)13/h2-9,17H,1H3. The zero-order valence-corrected chi connectivity index (χ0v) is 14.3. The van der Waals surface area contributed by atoms with E-state index >= 15 is 0 Å². The van der Waals surface area contributed by atoms with Gasteiger partial charge in [-0.05, 0) is 45.9 Å². The number of aryl methyl sites for hydroxylation is 1. The molecule has 108 valence electrons. The van der Waals surface area contributed by atoms with Crippen LogP contribution in [0.15, 0.2) is 56.5 Å². The molecule has 1 aromatic heterocycles. The molecule has 0 aliphatic heterocycles. The number of sulfonamides is 1.